The van der Waals surface area contributed by atoms with Gasteiger partial charge in [0.15, 0.2) is 0 Å². The van der Waals surface area contributed by atoms with Crippen molar-refractivity contribution in [1.82, 2.24) is 0 Å². The Bertz CT molecular complexity index is 432. The quantitative estimate of drug-likeness (QED) is 0.689. The van der Waals surface area contributed by atoms with E-state index in [-0.39, 0.29) is 0 Å². The number of benzene rings is 1. The molecule has 70 valence electrons. The van der Waals surface area contributed by atoms with Gasteiger partial charge in [0.05, 0.1) is 0 Å². The van der Waals surface area contributed by atoms with Crippen LogP contribution in [0.4, 0.5) is 5.69 Å². The van der Waals surface area contributed by atoms with E-state index in [1.807, 2.05) is 11.8 Å². The van der Waals surface area contributed by atoms with Gasteiger partial charge in [-0.3, -0.25) is 0 Å². The van der Waals surface area contributed by atoms with Crippen LogP contribution in [-0.2, 0) is 0 Å². The van der Waals surface area contributed by atoms with Crippen molar-refractivity contribution in [2.75, 3.05) is 11.1 Å². The molecule has 2 aliphatic rings. The van der Waals surface area contributed by atoms with Gasteiger partial charge in [-0.15, -0.1) is 11.8 Å². The van der Waals surface area contributed by atoms with Crippen LogP contribution < -0.4 is 5.32 Å². The Hall–Kier alpha value is -1.15. The van der Waals surface area contributed by atoms with Crippen LogP contribution in [-0.4, -0.2) is 5.75 Å². The van der Waals surface area contributed by atoms with Crippen molar-refractivity contribution in [1.29, 1.82) is 0 Å². The maximum Gasteiger partial charge on any atom is 0.0453 e. The first-order valence-electron chi connectivity index (χ1n) is 4.83. The Morgan fingerprint density at radius 3 is 3.14 bits per heavy atom. The van der Waals surface area contributed by atoms with Crippen LogP contribution in [0.25, 0.3) is 6.08 Å². The number of rotatable bonds is 0. The second kappa shape index (κ2) is 3.21. The van der Waals surface area contributed by atoms with Gasteiger partial charge in [0.1, 0.15) is 0 Å². The van der Waals surface area contributed by atoms with Gasteiger partial charge in [-0.25, -0.2) is 0 Å². The van der Waals surface area contributed by atoms with Crippen molar-refractivity contribution < 1.29 is 0 Å². The first-order chi connectivity index (χ1) is 6.93. The summed E-state index contributed by atoms with van der Waals surface area (Å²) >= 11 is 1.96. The van der Waals surface area contributed by atoms with Gasteiger partial charge >= 0.3 is 0 Å². The van der Waals surface area contributed by atoms with Crippen molar-refractivity contribution in [2.45, 2.75) is 6.42 Å². The number of thioether (sulfide) groups is 1. The van der Waals surface area contributed by atoms with E-state index in [2.05, 4.69) is 41.9 Å². The molecule has 14 heavy (non-hydrogen) atoms. The zero-order valence-corrected chi connectivity index (χ0v) is 8.60. The van der Waals surface area contributed by atoms with Crippen molar-refractivity contribution >= 4 is 23.5 Å². The summed E-state index contributed by atoms with van der Waals surface area (Å²) in [5.41, 5.74) is 3.96. The van der Waals surface area contributed by atoms with E-state index in [1.54, 1.807) is 0 Å². The van der Waals surface area contributed by atoms with Crippen LogP contribution in [0.15, 0.2) is 40.9 Å². The predicted octanol–water partition coefficient (Wildman–Crippen LogP) is 3.47. The third-order valence-corrected chi connectivity index (χ3v) is 3.69. The van der Waals surface area contributed by atoms with Crippen LogP contribution in [0.1, 0.15) is 12.0 Å². The number of allylic oxidation sites excluding steroid dienone is 1. The molecule has 1 aromatic carbocycles. The summed E-state index contributed by atoms with van der Waals surface area (Å²) in [4.78, 5) is 1.43. The average Bonchev–Trinajstić information content (AvgIpc) is 2.58. The van der Waals surface area contributed by atoms with E-state index >= 15 is 0 Å². The van der Waals surface area contributed by atoms with Crippen LogP contribution in [0, 0.1) is 0 Å². The first kappa shape index (κ1) is 8.18. The Balaban J connectivity index is 2.14. The fourth-order valence-electron chi connectivity index (χ4n) is 1.82. The summed E-state index contributed by atoms with van der Waals surface area (Å²) in [6.07, 6.45) is 5.63. The molecule has 2 heterocycles. The molecule has 1 fully saturated rings. The molecular weight excluding hydrogens is 190 g/mol. The van der Waals surface area contributed by atoms with E-state index in [4.69, 9.17) is 0 Å². The van der Waals surface area contributed by atoms with Crippen molar-refractivity contribution in [3.8, 4) is 0 Å². The Kier molecular flexibility index (Phi) is 1.88. The van der Waals surface area contributed by atoms with E-state index in [0.29, 0.717) is 0 Å². The molecule has 0 atom stereocenters. The average molecular weight is 201 g/mol. The Morgan fingerprint density at radius 2 is 2.14 bits per heavy atom. The van der Waals surface area contributed by atoms with Crippen LogP contribution in [0.2, 0.25) is 0 Å². The molecule has 0 amide bonds. The molecule has 1 aromatic rings. The predicted molar refractivity (Wildman–Crippen MR) is 63.2 cm³/mol. The topological polar surface area (TPSA) is 12.0 Å². The zero-order chi connectivity index (χ0) is 9.38. The summed E-state index contributed by atoms with van der Waals surface area (Å²) in [6, 6.07) is 8.43. The third kappa shape index (κ3) is 1.26. The van der Waals surface area contributed by atoms with E-state index < -0.39 is 0 Å². The molecule has 0 bridgehead atoms. The van der Waals surface area contributed by atoms with Crippen LogP contribution >= 0.6 is 11.8 Å². The largest absolute Gasteiger partial charge is 0.361 e. The second-order valence-electron chi connectivity index (χ2n) is 3.51. The number of para-hydroxylation sites is 1. The highest BCUT2D eigenvalue weighted by molar-refractivity contribution is 8.03. The van der Waals surface area contributed by atoms with Crippen LogP contribution in [0.3, 0.4) is 0 Å². The van der Waals surface area contributed by atoms with E-state index in [1.165, 1.54) is 33.9 Å². The molecule has 0 radical (unpaired) electrons. The summed E-state index contributed by atoms with van der Waals surface area (Å²) in [6.45, 7) is 0. The Labute approximate surface area is 87.9 Å². The minimum atomic E-state index is 1.19. The van der Waals surface area contributed by atoms with Gasteiger partial charge in [0.2, 0.25) is 0 Å². The molecule has 0 unspecified atom stereocenters. The SMILES string of the molecule is C1=C2CCSC2=Cc2ccccc2N1. The smallest absolute Gasteiger partial charge is 0.0453 e. The highest BCUT2D eigenvalue weighted by Crippen LogP contribution is 2.39. The van der Waals surface area contributed by atoms with Gasteiger partial charge in [-0.1, -0.05) is 18.2 Å². The minimum Gasteiger partial charge on any atom is -0.361 e. The van der Waals surface area contributed by atoms with E-state index in [9.17, 15) is 0 Å². The lowest BCUT2D eigenvalue weighted by atomic mass is 10.1. The highest BCUT2D eigenvalue weighted by atomic mass is 32.2. The molecule has 1 saturated heterocycles. The van der Waals surface area contributed by atoms with Crippen molar-refractivity contribution in [2.24, 2.45) is 0 Å². The fourth-order valence-corrected chi connectivity index (χ4v) is 2.92. The molecule has 3 rings (SSSR count). The molecular formula is C12H11NS. The normalized spacial score (nSPS) is 18.6. The number of anilines is 1. The summed E-state index contributed by atoms with van der Waals surface area (Å²) in [5.74, 6) is 1.22. The fraction of sp³-hybridized carbons (Fsp3) is 0.167. The third-order valence-electron chi connectivity index (χ3n) is 2.59. The second-order valence-corrected chi connectivity index (χ2v) is 4.64. The maximum atomic E-state index is 3.37. The molecule has 1 nitrogen and oxygen atoms in total. The number of hydrogen-bond acceptors (Lipinski definition) is 2. The number of fused-ring (bicyclic) bond motifs is 2. The number of nitrogens with one attached hydrogen (secondary N) is 1. The van der Waals surface area contributed by atoms with E-state index in [0.717, 1.165) is 0 Å². The van der Waals surface area contributed by atoms with Crippen molar-refractivity contribution in [3.05, 3.63) is 46.5 Å². The lowest BCUT2D eigenvalue weighted by Crippen LogP contribution is -1.89. The zero-order valence-electron chi connectivity index (χ0n) is 7.79. The maximum absolute atomic E-state index is 3.37. The number of hydrogen-bond donors (Lipinski definition) is 1. The lowest BCUT2D eigenvalue weighted by molar-refractivity contribution is 1.19. The minimum absolute atomic E-state index is 1.19. The van der Waals surface area contributed by atoms with Gasteiger partial charge in [0.25, 0.3) is 0 Å². The summed E-state index contributed by atoms with van der Waals surface area (Å²) in [5, 5.41) is 3.37. The molecule has 2 aliphatic heterocycles. The van der Waals surface area contributed by atoms with Crippen LogP contribution in [0.5, 0.6) is 0 Å². The molecule has 1 N–H and O–H groups in total. The standard InChI is InChI=1S/C12H11NS/c1-2-4-11-9(3-1)7-12-10(8-13-11)5-6-14-12/h1-4,7-8,13H,5-6H2. The monoisotopic (exact) mass is 201 g/mol. The van der Waals surface area contributed by atoms with Gasteiger partial charge in [0, 0.05) is 22.5 Å². The Morgan fingerprint density at radius 1 is 1.21 bits per heavy atom. The summed E-state index contributed by atoms with van der Waals surface area (Å²) < 4.78 is 0. The molecule has 0 aliphatic carbocycles. The lowest BCUT2D eigenvalue weighted by Gasteiger charge is -2.02. The molecule has 0 saturated carbocycles. The summed E-state index contributed by atoms with van der Waals surface area (Å²) in [7, 11) is 0. The highest BCUT2D eigenvalue weighted by Gasteiger charge is 2.16. The van der Waals surface area contributed by atoms with Gasteiger partial charge < -0.3 is 5.32 Å². The van der Waals surface area contributed by atoms with Gasteiger partial charge in [-0.2, -0.15) is 0 Å². The molecule has 2 heteroatoms. The molecule has 0 spiro atoms. The van der Waals surface area contributed by atoms with Gasteiger partial charge in [-0.05, 0) is 29.7 Å². The molecule has 0 aromatic heterocycles. The first-order valence-corrected chi connectivity index (χ1v) is 5.81. The van der Waals surface area contributed by atoms with Crippen molar-refractivity contribution in [3.63, 3.8) is 0 Å².